The Morgan fingerprint density at radius 1 is 1.29 bits per heavy atom. The number of hydrogen-bond donors (Lipinski definition) is 2. The van der Waals surface area contributed by atoms with E-state index in [0.717, 1.165) is 5.56 Å². The Morgan fingerprint density at radius 2 is 1.95 bits per heavy atom. The number of hydrogen-bond acceptors (Lipinski definition) is 6. The van der Waals surface area contributed by atoms with E-state index in [1.807, 2.05) is 25.1 Å². The van der Waals surface area contributed by atoms with E-state index in [9.17, 15) is 10.1 Å². The molecule has 110 valence electrons. The Labute approximate surface area is 126 Å². The van der Waals surface area contributed by atoms with E-state index in [1.165, 1.54) is 6.33 Å². The van der Waals surface area contributed by atoms with Crippen LogP contribution in [0.2, 0.25) is 5.02 Å². The van der Waals surface area contributed by atoms with Crippen LogP contribution in [0.5, 0.6) is 0 Å². The standard InChI is InChI=1S/C13H14ClN5O2/c1-8(9-5-3-4-6-10(9)14)18-13-11(19(20)21)12(15-2)16-7-17-13/h3-8H,1-2H3,(H2,15,16,17,18). The summed E-state index contributed by atoms with van der Waals surface area (Å²) < 4.78 is 0. The van der Waals surface area contributed by atoms with Crippen molar-refractivity contribution in [2.75, 3.05) is 17.7 Å². The summed E-state index contributed by atoms with van der Waals surface area (Å²) in [6.07, 6.45) is 1.26. The quantitative estimate of drug-likeness (QED) is 0.650. The highest BCUT2D eigenvalue weighted by Crippen LogP contribution is 2.32. The first-order valence-electron chi connectivity index (χ1n) is 6.22. The lowest BCUT2D eigenvalue weighted by molar-refractivity contribution is -0.383. The molecule has 0 spiro atoms. The van der Waals surface area contributed by atoms with Gasteiger partial charge in [-0.1, -0.05) is 29.8 Å². The Balaban J connectivity index is 2.36. The lowest BCUT2D eigenvalue weighted by atomic mass is 10.1. The maximum Gasteiger partial charge on any atom is 0.353 e. The van der Waals surface area contributed by atoms with Crippen molar-refractivity contribution in [1.82, 2.24) is 9.97 Å². The van der Waals surface area contributed by atoms with Gasteiger partial charge in [0.05, 0.1) is 11.0 Å². The zero-order valence-electron chi connectivity index (χ0n) is 11.5. The fourth-order valence-corrected chi connectivity index (χ4v) is 2.25. The van der Waals surface area contributed by atoms with E-state index < -0.39 is 4.92 Å². The Hall–Kier alpha value is -2.41. The van der Waals surface area contributed by atoms with Crippen LogP contribution in [-0.2, 0) is 0 Å². The van der Waals surface area contributed by atoms with Crippen LogP contribution >= 0.6 is 11.6 Å². The average Bonchev–Trinajstić information content (AvgIpc) is 2.46. The molecule has 21 heavy (non-hydrogen) atoms. The highest BCUT2D eigenvalue weighted by atomic mass is 35.5. The van der Waals surface area contributed by atoms with E-state index in [4.69, 9.17) is 11.6 Å². The predicted molar refractivity (Wildman–Crippen MR) is 81.7 cm³/mol. The van der Waals surface area contributed by atoms with Gasteiger partial charge in [-0.3, -0.25) is 10.1 Å². The van der Waals surface area contributed by atoms with Gasteiger partial charge in [0.15, 0.2) is 0 Å². The summed E-state index contributed by atoms with van der Waals surface area (Å²) in [5.41, 5.74) is 0.636. The van der Waals surface area contributed by atoms with Gasteiger partial charge in [0.1, 0.15) is 6.33 Å². The van der Waals surface area contributed by atoms with Crippen molar-refractivity contribution < 1.29 is 4.92 Å². The van der Waals surface area contributed by atoms with Crippen molar-refractivity contribution >= 4 is 28.9 Å². The molecule has 0 radical (unpaired) electrons. The summed E-state index contributed by atoms with van der Waals surface area (Å²) in [5.74, 6) is 0.302. The van der Waals surface area contributed by atoms with Crippen molar-refractivity contribution in [1.29, 1.82) is 0 Å². The van der Waals surface area contributed by atoms with Gasteiger partial charge in [-0.25, -0.2) is 9.97 Å². The minimum absolute atomic E-state index is 0.145. The molecule has 0 aliphatic heterocycles. The number of rotatable bonds is 5. The van der Waals surface area contributed by atoms with Gasteiger partial charge in [-0.2, -0.15) is 0 Å². The van der Waals surface area contributed by atoms with Crippen molar-refractivity contribution in [2.24, 2.45) is 0 Å². The number of nitro groups is 1. The Kier molecular flexibility index (Phi) is 4.54. The molecule has 0 saturated heterocycles. The van der Waals surface area contributed by atoms with E-state index in [0.29, 0.717) is 5.02 Å². The van der Waals surface area contributed by atoms with Gasteiger partial charge >= 0.3 is 5.69 Å². The van der Waals surface area contributed by atoms with Gasteiger partial charge in [0, 0.05) is 12.1 Å². The van der Waals surface area contributed by atoms with Crippen LogP contribution in [0.15, 0.2) is 30.6 Å². The first kappa shape index (κ1) is 15.0. The molecule has 1 heterocycles. The smallest absolute Gasteiger partial charge is 0.353 e. The molecule has 2 N–H and O–H groups in total. The monoisotopic (exact) mass is 307 g/mol. The van der Waals surface area contributed by atoms with Gasteiger partial charge in [0.2, 0.25) is 11.6 Å². The number of aromatic nitrogens is 2. The third-order valence-electron chi connectivity index (χ3n) is 2.97. The van der Waals surface area contributed by atoms with Crippen LogP contribution in [0.3, 0.4) is 0 Å². The molecule has 0 aliphatic carbocycles. The third kappa shape index (κ3) is 3.19. The molecule has 1 unspecified atom stereocenters. The Bertz CT molecular complexity index is 665. The van der Waals surface area contributed by atoms with Crippen LogP contribution in [0.25, 0.3) is 0 Å². The molecule has 1 aromatic carbocycles. The molecule has 0 saturated carbocycles. The van der Waals surface area contributed by atoms with Crippen molar-refractivity contribution in [3.05, 3.63) is 51.3 Å². The highest BCUT2D eigenvalue weighted by Gasteiger charge is 2.23. The first-order chi connectivity index (χ1) is 10.0. The van der Waals surface area contributed by atoms with E-state index in [1.54, 1.807) is 13.1 Å². The number of nitrogens with zero attached hydrogens (tertiary/aromatic N) is 3. The molecule has 1 aromatic heterocycles. The van der Waals surface area contributed by atoms with Gasteiger partial charge in [-0.05, 0) is 18.6 Å². The van der Waals surface area contributed by atoms with Crippen LogP contribution < -0.4 is 10.6 Å². The lowest BCUT2D eigenvalue weighted by Crippen LogP contribution is -2.12. The number of halogens is 1. The summed E-state index contributed by atoms with van der Waals surface area (Å²) in [4.78, 5) is 18.5. The number of benzene rings is 1. The molecule has 7 nitrogen and oxygen atoms in total. The summed E-state index contributed by atoms with van der Waals surface area (Å²) in [7, 11) is 1.57. The summed E-state index contributed by atoms with van der Waals surface area (Å²) >= 11 is 6.13. The maximum absolute atomic E-state index is 11.2. The molecular formula is C13H14ClN5O2. The summed E-state index contributed by atoms with van der Waals surface area (Å²) in [6.45, 7) is 1.85. The second-order valence-corrected chi connectivity index (χ2v) is 4.72. The normalized spacial score (nSPS) is 11.8. The zero-order chi connectivity index (χ0) is 15.4. The lowest BCUT2D eigenvalue weighted by Gasteiger charge is -2.16. The van der Waals surface area contributed by atoms with E-state index >= 15 is 0 Å². The van der Waals surface area contributed by atoms with Gasteiger partial charge in [-0.15, -0.1) is 0 Å². The molecule has 2 rings (SSSR count). The molecular weight excluding hydrogens is 294 g/mol. The first-order valence-corrected chi connectivity index (χ1v) is 6.60. The number of nitrogens with one attached hydrogen (secondary N) is 2. The molecule has 0 aliphatic rings. The fourth-order valence-electron chi connectivity index (χ4n) is 1.95. The Morgan fingerprint density at radius 3 is 2.57 bits per heavy atom. The molecule has 8 heteroatoms. The average molecular weight is 308 g/mol. The maximum atomic E-state index is 11.2. The van der Waals surface area contributed by atoms with Crippen molar-refractivity contribution in [2.45, 2.75) is 13.0 Å². The minimum atomic E-state index is -0.520. The molecule has 1 atom stereocenters. The largest absolute Gasteiger partial charge is 0.367 e. The van der Waals surface area contributed by atoms with E-state index in [2.05, 4.69) is 20.6 Å². The van der Waals surface area contributed by atoms with Crippen LogP contribution in [-0.4, -0.2) is 21.9 Å². The van der Waals surface area contributed by atoms with Gasteiger partial charge < -0.3 is 10.6 Å². The van der Waals surface area contributed by atoms with E-state index in [-0.39, 0.29) is 23.4 Å². The molecule has 0 fully saturated rings. The SMILES string of the molecule is CNc1ncnc(NC(C)c2ccccc2Cl)c1[N+](=O)[O-]. The number of anilines is 2. The third-order valence-corrected chi connectivity index (χ3v) is 3.31. The van der Waals surface area contributed by atoms with Crippen LogP contribution in [0.4, 0.5) is 17.3 Å². The van der Waals surface area contributed by atoms with Crippen molar-refractivity contribution in [3.8, 4) is 0 Å². The predicted octanol–water partition coefficient (Wildman–Crippen LogP) is 3.25. The molecule has 0 bridgehead atoms. The minimum Gasteiger partial charge on any atom is -0.367 e. The van der Waals surface area contributed by atoms with Crippen LogP contribution in [0.1, 0.15) is 18.5 Å². The summed E-state index contributed by atoms with van der Waals surface area (Å²) in [5, 5.41) is 17.5. The fraction of sp³-hybridized carbons (Fsp3) is 0.231. The van der Waals surface area contributed by atoms with Gasteiger partial charge in [0.25, 0.3) is 0 Å². The highest BCUT2D eigenvalue weighted by molar-refractivity contribution is 6.31. The molecule has 2 aromatic rings. The van der Waals surface area contributed by atoms with Crippen LogP contribution in [0, 0.1) is 10.1 Å². The van der Waals surface area contributed by atoms with Crippen molar-refractivity contribution in [3.63, 3.8) is 0 Å². The summed E-state index contributed by atoms with van der Waals surface area (Å²) in [6, 6.07) is 7.06. The second-order valence-electron chi connectivity index (χ2n) is 4.31. The second kappa shape index (κ2) is 6.36. The topological polar surface area (TPSA) is 93.0 Å². The zero-order valence-corrected chi connectivity index (χ0v) is 12.3. The molecule has 0 amide bonds.